The van der Waals surface area contributed by atoms with Gasteiger partial charge in [0, 0.05) is 28.6 Å². The molecule has 0 saturated carbocycles. The Bertz CT molecular complexity index is 1120. The number of aryl methyl sites for hydroxylation is 1. The van der Waals surface area contributed by atoms with Crippen LogP contribution in [0.2, 0.25) is 5.02 Å². The molecule has 29 heavy (non-hydrogen) atoms. The minimum absolute atomic E-state index is 0.000960. The highest BCUT2D eigenvalue weighted by Crippen LogP contribution is 2.33. The Kier molecular flexibility index (Phi) is 6.03. The lowest BCUT2D eigenvalue weighted by Crippen LogP contribution is -2.12. The summed E-state index contributed by atoms with van der Waals surface area (Å²) < 4.78 is 0. The molecular formula is C24H19ClN2OS. The van der Waals surface area contributed by atoms with E-state index in [0.29, 0.717) is 11.4 Å². The second kappa shape index (κ2) is 9.03. The minimum Gasteiger partial charge on any atom is -0.326 e. The number of nitrogens with one attached hydrogen (secondary N) is 1. The summed E-state index contributed by atoms with van der Waals surface area (Å²) in [6.45, 7) is 0. The number of hydrogen-bond donors (Lipinski definition) is 1. The molecule has 0 aliphatic rings. The molecule has 1 N–H and O–H groups in total. The van der Waals surface area contributed by atoms with Gasteiger partial charge in [0.1, 0.15) is 5.01 Å². The van der Waals surface area contributed by atoms with E-state index in [-0.39, 0.29) is 5.91 Å². The molecule has 4 aromatic rings. The molecule has 1 heterocycles. The van der Waals surface area contributed by atoms with Gasteiger partial charge in [0.2, 0.25) is 5.91 Å². The van der Waals surface area contributed by atoms with Gasteiger partial charge in [-0.3, -0.25) is 4.79 Å². The third kappa shape index (κ3) is 4.91. The van der Waals surface area contributed by atoms with Crippen LogP contribution < -0.4 is 5.32 Å². The molecule has 0 saturated heterocycles. The van der Waals surface area contributed by atoms with E-state index in [4.69, 9.17) is 16.6 Å². The Balaban J connectivity index is 1.45. The van der Waals surface area contributed by atoms with Gasteiger partial charge in [-0.25, -0.2) is 4.98 Å². The lowest BCUT2D eigenvalue weighted by molar-refractivity contribution is -0.116. The predicted octanol–water partition coefficient (Wildman–Crippen LogP) is 6.70. The molecule has 0 unspecified atom stereocenters. The van der Waals surface area contributed by atoms with Crippen LogP contribution in [-0.2, 0) is 11.2 Å². The van der Waals surface area contributed by atoms with Gasteiger partial charge in [-0.2, -0.15) is 0 Å². The monoisotopic (exact) mass is 418 g/mol. The fourth-order valence-corrected chi connectivity index (χ4v) is 4.20. The Morgan fingerprint density at radius 1 is 0.966 bits per heavy atom. The molecule has 144 valence electrons. The van der Waals surface area contributed by atoms with Crippen molar-refractivity contribution in [2.45, 2.75) is 12.8 Å². The second-order valence-corrected chi connectivity index (χ2v) is 7.90. The van der Waals surface area contributed by atoms with E-state index in [2.05, 4.69) is 5.32 Å². The van der Waals surface area contributed by atoms with Crippen molar-refractivity contribution in [3.8, 4) is 21.8 Å². The normalized spacial score (nSPS) is 10.7. The zero-order chi connectivity index (χ0) is 20.1. The van der Waals surface area contributed by atoms with Gasteiger partial charge in [0.15, 0.2) is 0 Å². The lowest BCUT2D eigenvalue weighted by atomic mass is 10.1. The summed E-state index contributed by atoms with van der Waals surface area (Å²) in [5.74, 6) is 0.000960. The molecule has 5 heteroatoms. The molecule has 0 aliphatic carbocycles. The van der Waals surface area contributed by atoms with E-state index < -0.39 is 0 Å². The number of hydrogen-bond acceptors (Lipinski definition) is 3. The molecule has 0 aliphatic heterocycles. The number of halogens is 1. The van der Waals surface area contributed by atoms with Gasteiger partial charge in [-0.15, -0.1) is 11.3 Å². The molecule has 3 aromatic carbocycles. The van der Waals surface area contributed by atoms with Crippen molar-refractivity contribution >= 4 is 34.5 Å². The van der Waals surface area contributed by atoms with Crippen LogP contribution in [0, 0.1) is 0 Å². The number of aromatic nitrogens is 1. The predicted molar refractivity (Wildman–Crippen MR) is 121 cm³/mol. The lowest BCUT2D eigenvalue weighted by Gasteiger charge is -2.07. The molecule has 1 aromatic heterocycles. The highest BCUT2D eigenvalue weighted by atomic mass is 35.5. The summed E-state index contributed by atoms with van der Waals surface area (Å²) in [5, 5.41) is 6.56. The van der Waals surface area contributed by atoms with Crippen LogP contribution in [0.25, 0.3) is 21.8 Å². The van der Waals surface area contributed by atoms with Gasteiger partial charge in [-0.1, -0.05) is 72.3 Å². The first kappa shape index (κ1) is 19.4. The topological polar surface area (TPSA) is 42.0 Å². The maximum Gasteiger partial charge on any atom is 0.224 e. The minimum atomic E-state index is 0.000960. The van der Waals surface area contributed by atoms with Gasteiger partial charge in [0.05, 0.1) is 10.7 Å². The molecule has 0 fully saturated rings. The van der Waals surface area contributed by atoms with Crippen LogP contribution in [0.4, 0.5) is 5.69 Å². The fourth-order valence-electron chi connectivity index (χ4n) is 3.05. The van der Waals surface area contributed by atoms with Crippen molar-refractivity contribution in [3.05, 3.63) is 94.8 Å². The van der Waals surface area contributed by atoms with Crippen molar-refractivity contribution in [1.29, 1.82) is 0 Å². The van der Waals surface area contributed by atoms with Crippen LogP contribution in [0.1, 0.15) is 12.0 Å². The molecule has 3 nitrogen and oxygen atoms in total. The SMILES string of the molecule is O=C(CCc1ccccc1)Nc1cccc(-c2csc(-c3ccccc3Cl)n2)c1. The van der Waals surface area contributed by atoms with Crippen LogP contribution in [-0.4, -0.2) is 10.9 Å². The fraction of sp³-hybridized carbons (Fsp3) is 0.0833. The molecule has 0 bridgehead atoms. The zero-order valence-electron chi connectivity index (χ0n) is 15.6. The van der Waals surface area contributed by atoms with E-state index in [1.54, 1.807) is 11.3 Å². The average molecular weight is 419 g/mol. The number of thiazole rings is 1. The maximum absolute atomic E-state index is 12.3. The maximum atomic E-state index is 12.3. The highest BCUT2D eigenvalue weighted by molar-refractivity contribution is 7.13. The van der Waals surface area contributed by atoms with Crippen LogP contribution in [0.3, 0.4) is 0 Å². The number of anilines is 1. The van der Waals surface area contributed by atoms with Gasteiger partial charge in [0.25, 0.3) is 0 Å². The number of carbonyl (C=O) groups excluding carboxylic acids is 1. The third-order valence-corrected chi connectivity index (χ3v) is 5.74. The Hall–Kier alpha value is -2.95. The van der Waals surface area contributed by atoms with E-state index in [0.717, 1.165) is 39.5 Å². The van der Waals surface area contributed by atoms with Gasteiger partial charge in [-0.05, 0) is 30.2 Å². The average Bonchev–Trinajstić information content (AvgIpc) is 3.24. The summed E-state index contributed by atoms with van der Waals surface area (Å²) in [6.07, 6.45) is 1.17. The Labute approximate surface area is 179 Å². The molecule has 0 spiro atoms. The summed E-state index contributed by atoms with van der Waals surface area (Å²) >= 11 is 7.84. The smallest absolute Gasteiger partial charge is 0.224 e. The summed E-state index contributed by atoms with van der Waals surface area (Å²) in [4.78, 5) is 17.1. The van der Waals surface area contributed by atoms with Gasteiger partial charge < -0.3 is 5.32 Å². The van der Waals surface area contributed by atoms with E-state index in [1.165, 1.54) is 0 Å². The summed E-state index contributed by atoms with van der Waals surface area (Å²) in [6, 6.07) is 25.5. The second-order valence-electron chi connectivity index (χ2n) is 6.63. The van der Waals surface area contributed by atoms with E-state index >= 15 is 0 Å². The Morgan fingerprint density at radius 2 is 1.76 bits per heavy atom. The van der Waals surface area contributed by atoms with Crippen LogP contribution >= 0.6 is 22.9 Å². The Morgan fingerprint density at radius 3 is 2.59 bits per heavy atom. The van der Waals surface area contributed by atoms with Crippen molar-refractivity contribution in [2.75, 3.05) is 5.32 Å². The highest BCUT2D eigenvalue weighted by Gasteiger charge is 2.10. The largest absolute Gasteiger partial charge is 0.326 e. The third-order valence-electron chi connectivity index (χ3n) is 4.53. The van der Waals surface area contributed by atoms with Crippen molar-refractivity contribution in [3.63, 3.8) is 0 Å². The first-order chi connectivity index (χ1) is 14.2. The van der Waals surface area contributed by atoms with Crippen molar-refractivity contribution in [1.82, 2.24) is 4.98 Å². The standard InChI is InChI=1S/C24H19ClN2OS/c25-21-12-5-4-11-20(21)24-27-22(16-29-24)18-9-6-10-19(15-18)26-23(28)14-13-17-7-2-1-3-8-17/h1-12,15-16H,13-14H2,(H,26,28). The van der Waals surface area contributed by atoms with E-state index in [1.807, 2.05) is 84.2 Å². The number of nitrogens with zero attached hydrogens (tertiary/aromatic N) is 1. The first-order valence-corrected chi connectivity index (χ1v) is 10.6. The molecular weight excluding hydrogens is 400 g/mol. The number of amides is 1. The van der Waals surface area contributed by atoms with E-state index in [9.17, 15) is 4.79 Å². The summed E-state index contributed by atoms with van der Waals surface area (Å²) in [5.41, 5.74) is 4.68. The zero-order valence-corrected chi connectivity index (χ0v) is 17.2. The molecule has 1 amide bonds. The van der Waals surface area contributed by atoms with Crippen molar-refractivity contribution in [2.24, 2.45) is 0 Å². The van der Waals surface area contributed by atoms with Gasteiger partial charge >= 0.3 is 0 Å². The first-order valence-electron chi connectivity index (χ1n) is 9.34. The molecule has 0 radical (unpaired) electrons. The van der Waals surface area contributed by atoms with Crippen LogP contribution in [0.5, 0.6) is 0 Å². The summed E-state index contributed by atoms with van der Waals surface area (Å²) in [7, 11) is 0. The number of rotatable bonds is 6. The number of benzene rings is 3. The molecule has 4 rings (SSSR count). The van der Waals surface area contributed by atoms with Crippen molar-refractivity contribution < 1.29 is 4.79 Å². The molecule has 0 atom stereocenters. The number of carbonyl (C=O) groups is 1. The quantitative estimate of drug-likeness (QED) is 0.378. The van der Waals surface area contributed by atoms with Crippen LogP contribution in [0.15, 0.2) is 84.2 Å².